The van der Waals surface area contributed by atoms with Crippen molar-refractivity contribution >= 4 is 15.7 Å². The molecule has 0 unspecified atom stereocenters. The third-order valence-electron chi connectivity index (χ3n) is 2.91. The molecule has 0 aliphatic heterocycles. The van der Waals surface area contributed by atoms with Gasteiger partial charge in [-0.25, -0.2) is 13.1 Å². The molecule has 1 atom stereocenters. The molecule has 0 heterocycles. The highest BCUT2D eigenvalue weighted by atomic mass is 32.2. The van der Waals surface area contributed by atoms with E-state index in [1.165, 1.54) is 0 Å². The molecule has 0 aliphatic carbocycles. The van der Waals surface area contributed by atoms with Gasteiger partial charge in [0.1, 0.15) is 4.90 Å². The fourth-order valence-electron chi connectivity index (χ4n) is 1.69. The van der Waals surface area contributed by atoms with Crippen LogP contribution in [0.25, 0.3) is 0 Å². The van der Waals surface area contributed by atoms with E-state index in [4.69, 9.17) is 10.8 Å². The highest BCUT2D eigenvalue weighted by molar-refractivity contribution is 7.89. The highest BCUT2D eigenvalue weighted by Gasteiger charge is 2.23. The van der Waals surface area contributed by atoms with E-state index < -0.39 is 16.1 Å². The standard InChI is InChI=1S/C12H20N2O3S/c1-4-10(7-15)14-18(16,17)12-9(3)6-5-8(2)11(12)13/h5-6,10,14-15H,4,7,13H2,1-3H3/t10-/m1/s1. The number of nitrogens with one attached hydrogen (secondary N) is 1. The van der Waals surface area contributed by atoms with E-state index in [9.17, 15) is 8.42 Å². The van der Waals surface area contributed by atoms with E-state index in [1.54, 1.807) is 32.9 Å². The lowest BCUT2D eigenvalue weighted by Crippen LogP contribution is -2.37. The first-order valence-corrected chi connectivity index (χ1v) is 7.30. The molecule has 0 fully saturated rings. The van der Waals surface area contributed by atoms with Crippen LogP contribution in [0, 0.1) is 13.8 Å². The molecule has 0 spiro atoms. The van der Waals surface area contributed by atoms with Crippen molar-refractivity contribution in [3.63, 3.8) is 0 Å². The maximum atomic E-state index is 12.3. The van der Waals surface area contributed by atoms with Gasteiger partial charge in [0.15, 0.2) is 0 Å². The third-order valence-corrected chi connectivity index (χ3v) is 4.64. The molecule has 1 rings (SSSR count). The van der Waals surface area contributed by atoms with Crippen molar-refractivity contribution in [1.29, 1.82) is 0 Å². The fraction of sp³-hybridized carbons (Fsp3) is 0.500. The van der Waals surface area contributed by atoms with E-state index in [0.29, 0.717) is 12.0 Å². The van der Waals surface area contributed by atoms with Crippen LogP contribution < -0.4 is 10.5 Å². The SMILES string of the molecule is CC[C@H](CO)NS(=O)(=O)c1c(C)ccc(C)c1N. The van der Waals surface area contributed by atoms with Gasteiger partial charge in [0, 0.05) is 6.04 Å². The fourth-order valence-corrected chi connectivity index (χ4v) is 3.43. The van der Waals surface area contributed by atoms with E-state index in [-0.39, 0.29) is 17.2 Å². The molecule has 1 aromatic carbocycles. The Morgan fingerprint density at radius 3 is 2.39 bits per heavy atom. The molecule has 0 radical (unpaired) electrons. The predicted molar refractivity (Wildman–Crippen MR) is 71.8 cm³/mol. The molecule has 6 heteroatoms. The van der Waals surface area contributed by atoms with Gasteiger partial charge >= 0.3 is 0 Å². The minimum Gasteiger partial charge on any atom is -0.397 e. The topological polar surface area (TPSA) is 92.4 Å². The van der Waals surface area contributed by atoms with E-state index >= 15 is 0 Å². The molecule has 0 saturated heterocycles. The Kier molecular flexibility index (Phi) is 4.72. The smallest absolute Gasteiger partial charge is 0.243 e. The number of sulfonamides is 1. The molecule has 0 bridgehead atoms. The minimum atomic E-state index is -3.70. The zero-order chi connectivity index (χ0) is 13.9. The summed E-state index contributed by atoms with van der Waals surface area (Å²) in [5.74, 6) is 0. The number of hydrogen-bond donors (Lipinski definition) is 3. The second-order valence-electron chi connectivity index (χ2n) is 4.35. The number of rotatable bonds is 5. The molecule has 0 aromatic heterocycles. The first-order valence-electron chi connectivity index (χ1n) is 5.82. The van der Waals surface area contributed by atoms with Crippen molar-refractivity contribution in [2.75, 3.05) is 12.3 Å². The first-order chi connectivity index (χ1) is 8.33. The number of aliphatic hydroxyl groups excluding tert-OH is 1. The Bertz CT molecular complexity index is 522. The molecular formula is C12H20N2O3S. The van der Waals surface area contributed by atoms with Crippen LogP contribution in [-0.4, -0.2) is 26.2 Å². The molecular weight excluding hydrogens is 252 g/mol. The normalized spacial score (nSPS) is 13.6. The largest absolute Gasteiger partial charge is 0.397 e. The number of hydrogen-bond acceptors (Lipinski definition) is 4. The Hall–Kier alpha value is -1.11. The Morgan fingerprint density at radius 2 is 1.89 bits per heavy atom. The summed E-state index contributed by atoms with van der Waals surface area (Å²) >= 11 is 0. The average molecular weight is 272 g/mol. The number of nitrogens with two attached hydrogens (primary N) is 1. The van der Waals surface area contributed by atoms with Crippen molar-refractivity contribution in [1.82, 2.24) is 4.72 Å². The van der Waals surface area contributed by atoms with Crippen LogP contribution in [0.15, 0.2) is 17.0 Å². The van der Waals surface area contributed by atoms with Crippen LogP contribution in [0.5, 0.6) is 0 Å². The van der Waals surface area contributed by atoms with E-state index in [0.717, 1.165) is 5.56 Å². The van der Waals surface area contributed by atoms with Gasteiger partial charge < -0.3 is 10.8 Å². The van der Waals surface area contributed by atoms with Crippen molar-refractivity contribution in [3.05, 3.63) is 23.3 Å². The Morgan fingerprint density at radius 1 is 1.33 bits per heavy atom. The number of nitrogen functional groups attached to an aromatic ring is 1. The molecule has 18 heavy (non-hydrogen) atoms. The quantitative estimate of drug-likeness (QED) is 0.695. The molecule has 1 aromatic rings. The van der Waals surface area contributed by atoms with Gasteiger partial charge in [-0.05, 0) is 31.4 Å². The van der Waals surface area contributed by atoms with Crippen LogP contribution in [0.2, 0.25) is 0 Å². The molecule has 0 saturated carbocycles. The molecule has 0 aliphatic rings. The lowest BCUT2D eigenvalue weighted by Gasteiger charge is -2.17. The van der Waals surface area contributed by atoms with Gasteiger partial charge in [-0.2, -0.15) is 0 Å². The number of benzene rings is 1. The van der Waals surface area contributed by atoms with Crippen molar-refractivity contribution in [3.8, 4) is 0 Å². The van der Waals surface area contributed by atoms with Gasteiger partial charge in [-0.15, -0.1) is 0 Å². The summed E-state index contributed by atoms with van der Waals surface area (Å²) in [6, 6.07) is 3.02. The minimum absolute atomic E-state index is 0.106. The molecule has 0 amide bonds. The summed E-state index contributed by atoms with van der Waals surface area (Å²) in [6.07, 6.45) is 0.514. The van der Waals surface area contributed by atoms with E-state index in [2.05, 4.69) is 4.72 Å². The zero-order valence-electron chi connectivity index (χ0n) is 10.9. The van der Waals surface area contributed by atoms with E-state index in [1.807, 2.05) is 0 Å². The summed E-state index contributed by atoms with van der Waals surface area (Å²) in [6.45, 7) is 5.03. The van der Waals surface area contributed by atoms with Gasteiger partial charge in [0.05, 0.1) is 12.3 Å². The van der Waals surface area contributed by atoms with Gasteiger partial charge in [-0.1, -0.05) is 19.1 Å². The molecule has 102 valence electrons. The Labute approximate surface area is 108 Å². The number of aryl methyl sites for hydroxylation is 2. The maximum absolute atomic E-state index is 12.3. The average Bonchev–Trinajstić information content (AvgIpc) is 2.31. The predicted octanol–water partition coefficient (Wildman–Crippen LogP) is 0.935. The summed E-state index contributed by atoms with van der Waals surface area (Å²) in [5, 5.41) is 9.07. The zero-order valence-corrected chi connectivity index (χ0v) is 11.7. The first kappa shape index (κ1) is 14.9. The maximum Gasteiger partial charge on any atom is 0.243 e. The lowest BCUT2D eigenvalue weighted by molar-refractivity contribution is 0.254. The van der Waals surface area contributed by atoms with Gasteiger partial charge in [-0.3, -0.25) is 0 Å². The molecule has 4 N–H and O–H groups in total. The van der Waals surface area contributed by atoms with Gasteiger partial charge in [0.25, 0.3) is 0 Å². The summed E-state index contributed by atoms with van der Waals surface area (Å²) < 4.78 is 27.0. The summed E-state index contributed by atoms with van der Waals surface area (Å²) in [5.41, 5.74) is 7.42. The lowest BCUT2D eigenvalue weighted by atomic mass is 10.1. The second-order valence-corrected chi connectivity index (χ2v) is 6.00. The van der Waals surface area contributed by atoms with Crippen LogP contribution in [-0.2, 0) is 10.0 Å². The summed E-state index contributed by atoms with van der Waals surface area (Å²) in [4.78, 5) is 0.106. The van der Waals surface area contributed by atoms with Crippen LogP contribution in [0.1, 0.15) is 24.5 Å². The highest BCUT2D eigenvalue weighted by Crippen LogP contribution is 2.25. The summed E-state index contributed by atoms with van der Waals surface area (Å²) in [7, 11) is -3.70. The number of aliphatic hydroxyl groups is 1. The van der Waals surface area contributed by atoms with Crippen molar-refractivity contribution < 1.29 is 13.5 Å². The van der Waals surface area contributed by atoms with Crippen LogP contribution >= 0.6 is 0 Å². The van der Waals surface area contributed by atoms with Crippen molar-refractivity contribution in [2.45, 2.75) is 38.1 Å². The van der Waals surface area contributed by atoms with Gasteiger partial charge in [0.2, 0.25) is 10.0 Å². The van der Waals surface area contributed by atoms with Crippen LogP contribution in [0.3, 0.4) is 0 Å². The molecule has 5 nitrogen and oxygen atoms in total. The third kappa shape index (κ3) is 3.01. The Balaban J connectivity index is 3.25. The monoisotopic (exact) mass is 272 g/mol. The van der Waals surface area contributed by atoms with Crippen LogP contribution in [0.4, 0.5) is 5.69 Å². The number of anilines is 1. The van der Waals surface area contributed by atoms with Crippen molar-refractivity contribution in [2.24, 2.45) is 0 Å². The second kappa shape index (κ2) is 5.69.